The number of rotatable bonds is 3. The van der Waals surface area contributed by atoms with Crippen LogP contribution in [-0.2, 0) is 0 Å². The van der Waals surface area contributed by atoms with Crippen LogP contribution in [0.1, 0.15) is 69.8 Å². The second-order valence-corrected chi connectivity index (χ2v) is 7.69. The lowest BCUT2D eigenvalue weighted by atomic mass is 9.89. The van der Waals surface area contributed by atoms with Gasteiger partial charge in [0.2, 0.25) is 0 Å². The van der Waals surface area contributed by atoms with Crippen LogP contribution in [0.15, 0.2) is 24.3 Å². The molecule has 2 saturated carbocycles. The van der Waals surface area contributed by atoms with Gasteiger partial charge in [-0.05, 0) is 44.2 Å². The van der Waals surface area contributed by atoms with Gasteiger partial charge in [0.15, 0.2) is 0 Å². The number of carbonyl (C=O) groups excluding carboxylic acids is 2. The van der Waals surface area contributed by atoms with Crippen molar-refractivity contribution in [3.05, 3.63) is 29.8 Å². The molecule has 5 nitrogen and oxygen atoms in total. The van der Waals surface area contributed by atoms with Gasteiger partial charge in [-0.1, -0.05) is 56.7 Å². The van der Waals surface area contributed by atoms with Crippen LogP contribution in [-0.4, -0.2) is 29.0 Å². The van der Waals surface area contributed by atoms with Crippen LogP contribution in [0.4, 0.5) is 15.3 Å². The second kappa shape index (κ2) is 9.06. The zero-order chi connectivity index (χ0) is 18.4. The van der Waals surface area contributed by atoms with Crippen molar-refractivity contribution in [1.82, 2.24) is 10.2 Å². The predicted octanol–water partition coefficient (Wildman–Crippen LogP) is 5.20. The monoisotopic (exact) mass is 357 g/mol. The molecule has 0 saturated heterocycles. The normalized spacial score (nSPS) is 19.0. The predicted molar refractivity (Wildman–Crippen MR) is 104 cm³/mol. The van der Waals surface area contributed by atoms with Crippen LogP contribution >= 0.6 is 0 Å². The quantitative estimate of drug-likeness (QED) is 0.780. The topological polar surface area (TPSA) is 61.4 Å². The van der Waals surface area contributed by atoms with Crippen molar-refractivity contribution in [2.45, 2.75) is 83.2 Å². The lowest BCUT2D eigenvalue weighted by Gasteiger charge is -2.41. The van der Waals surface area contributed by atoms with Crippen molar-refractivity contribution in [3.8, 4) is 0 Å². The zero-order valence-electron chi connectivity index (χ0n) is 15.8. The molecule has 3 rings (SSSR count). The minimum absolute atomic E-state index is 0.227. The first-order chi connectivity index (χ1) is 12.6. The van der Waals surface area contributed by atoms with Gasteiger partial charge in [0.05, 0.1) is 0 Å². The van der Waals surface area contributed by atoms with Crippen LogP contribution in [0.3, 0.4) is 0 Å². The van der Waals surface area contributed by atoms with Crippen LogP contribution in [0.2, 0.25) is 0 Å². The summed E-state index contributed by atoms with van der Waals surface area (Å²) < 4.78 is 0. The van der Waals surface area contributed by atoms with Gasteiger partial charge >= 0.3 is 12.1 Å². The number of nitrogens with zero attached hydrogens (tertiary/aromatic N) is 1. The largest absolute Gasteiger partial charge is 0.327 e. The smallest absolute Gasteiger partial charge is 0.318 e. The van der Waals surface area contributed by atoms with E-state index < -0.39 is 6.03 Å². The molecule has 2 aliphatic carbocycles. The van der Waals surface area contributed by atoms with E-state index in [0.717, 1.165) is 36.9 Å². The van der Waals surface area contributed by atoms with Crippen molar-refractivity contribution in [3.63, 3.8) is 0 Å². The number of hydrogen-bond acceptors (Lipinski definition) is 2. The van der Waals surface area contributed by atoms with Crippen LogP contribution < -0.4 is 10.6 Å². The molecule has 5 heteroatoms. The molecule has 4 amide bonds. The molecule has 0 unspecified atom stereocenters. The van der Waals surface area contributed by atoms with E-state index in [0.29, 0.717) is 0 Å². The van der Waals surface area contributed by atoms with Crippen molar-refractivity contribution in [2.75, 3.05) is 5.32 Å². The molecular weight excluding hydrogens is 326 g/mol. The highest BCUT2D eigenvalue weighted by Crippen LogP contribution is 2.30. The van der Waals surface area contributed by atoms with Gasteiger partial charge in [-0.25, -0.2) is 9.59 Å². The maximum atomic E-state index is 13.0. The molecule has 26 heavy (non-hydrogen) atoms. The van der Waals surface area contributed by atoms with Crippen molar-refractivity contribution >= 4 is 17.7 Å². The molecule has 0 atom stereocenters. The number of para-hydroxylation sites is 1. The fraction of sp³-hybridized carbons (Fsp3) is 0.619. The number of nitrogens with one attached hydrogen (secondary N) is 2. The molecule has 0 radical (unpaired) electrons. The Kier molecular flexibility index (Phi) is 6.53. The van der Waals surface area contributed by atoms with E-state index in [2.05, 4.69) is 10.6 Å². The highest BCUT2D eigenvalue weighted by atomic mass is 16.2. The number of aryl methyl sites for hydroxylation is 1. The molecule has 2 fully saturated rings. The fourth-order valence-electron chi connectivity index (χ4n) is 4.38. The van der Waals surface area contributed by atoms with Crippen molar-refractivity contribution in [2.24, 2.45) is 0 Å². The average Bonchev–Trinajstić information content (AvgIpc) is 2.65. The Labute approximate surface area is 156 Å². The number of urea groups is 2. The third kappa shape index (κ3) is 4.77. The minimum atomic E-state index is -0.444. The third-order valence-corrected chi connectivity index (χ3v) is 5.78. The highest BCUT2D eigenvalue weighted by Gasteiger charge is 2.33. The highest BCUT2D eigenvalue weighted by molar-refractivity contribution is 6.01. The molecule has 2 aliphatic rings. The van der Waals surface area contributed by atoms with E-state index in [9.17, 15) is 9.59 Å². The number of imide groups is 1. The number of carbonyl (C=O) groups is 2. The van der Waals surface area contributed by atoms with Gasteiger partial charge in [0.1, 0.15) is 0 Å². The molecular formula is C21H31N3O2. The van der Waals surface area contributed by atoms with Gasteiger partial charge < -0.3 is 10.2 Å². The number of hydrogen-bond donors (Lipinski definition) is 2. The average molecular weight is 357 g/mol. The van der Waals surface area contributed by atoms with Gasteiger partial charge in [-0.3, -0.25) is 5.32 Å². The molecule has 2 N–H and O–H groups in total. The van der Waals surface area contributed by atoms with Gasteiger partial charge in [-0.2, -0.15) is 0 Å². The third-order valence-electron chi connectivity index (χ3n) is 5.78. The zero-order valence-corrected chi connectivity index (χ0v) is 15.8. The van der Waals surface area contributed by atoms with E-state index in [1.807, 2.05) is 36.1 Å². The Hall–Kier alpha value is -2.04. The standard InChI is InChI=1S/C21H31N3O2/c1-16-10-8-9-15-19(16)22-20(25)23-21(26)24(17-11-4-2-5-12-17)18-13-6-3-7-14-18/h8-10,15,17-18H,2-7,11-14H2,1H3,(H2,22,23,25,26). The fourth-order valence-corrected chi connectivity index (χ4v) is 4.38. The number of benzene rings is 1. The molecule has 0 aromatic heterocycles. The summed E-state index contributed by atoms with van der Waals surface area (Å²) in [7, 11) is 0. The molecule has 142 valence electrons. The summed E-state index contributed by atoms with van der Waals surface area (Å²) in [6.45, 7) is 1.94. The summed E-state index contributed by atoms with van der Waals surface area (Å²) in [5, 5.41) is 5.39. The Morgan fingerprint density at radius 2 is 1.42 bits per heavy atom. The second-order valence-electron chi connectivity index (χ2n) is 7.69. The first kappa shape index (κ1) is 18.7. The summed E-state index contributed by atoms with van der Waals surface area (Å²) in [5.41, 5.74) is 1.71. The number of anilines is 1. The van der Waals surface area contributed by atoms with Crippen molar-refractivity contribution < 1.29 is 9.59 Å². The first-order valence-electron chi connectivity index (χ1n) is 10.1. The van der Waals surface area contributed by atoms with Gasteiger partial charge in [-0.15, -0.1) is 0 Å². The first-order valence-corrected chi connectivity index (χ1v) is 10.1. The summed E-state index contributed by atoms with van der Waals surface area (Å²) in [6.07, 6.45) is 11.5. The lowest BCUT2D eigenvalue weighted by Crippen LogP contribution is -2.54. The Morgan fingerprint density at radius 3 is 1.96 bits per heavy atom. The molecule has 1 aromatic rings. The van der Waals surface area contributed by atoms with E-state index in [1.54, 1.807) is 0 Å². The Balaban J connectivity index is 1.66. The van der Waals surface area contributed by atoms with Gasteiger partial charge in [0.25, 0.3) is 0 Å². The van der Waals surface area contributed by atoms with E-state index in [-0.39, 0.29) is 18.1 Å². The molecule has 0 aliphatic heterocycles. The summed E-state index contributed by atoms with van der Waals surface area (Å²) in [6, 6.07) is 7.47. The van der Waals surface area contributed by atoms with Gasteiger partial charge in [0, 0.05) is 17.8 Å². The SMILES string of the molecule is Cc1ccccc1NC(=O)NC(=O)N(C1CCCCC1)C1CCCCC1. The maximum absolute atomic E-state index is 13.0. The summed E-state index contributed by atoms with van der Waals surface area (Å²) in [4.78, 5) is 27.4. The van der Waals surface area contributed by atoms with Crippen LogP contribution in [0.25, 0.3) is 0 Å². The Morgan fingerprint density at radius 1 is 0.885 bits per heavy atom. The summed E-state index contributed by atoms with van der Waals surface area (Å²) in [5.74, 6) is 0. The number of amides is 4. The van der Waals surface area contributed by atoms with Crippen molar-refractivity contribution in [1.29, 1.82) is 0 Å². The molecule has 0 heterocycles. The van der Waals surface area contributed by atoms with Crippen LogP contribution in [0.5, 0.6) is 0 Å². The molecule has 1 aromatic carbocycles. The molecule has 0 bridgehead atoms. The minimum Gasteiger partial charge on any atom is -0.318 e. The van der Waals surface area contributed by atoms with E-state index >= 15 is 0 Å². The molecule has 0 spiro atoms. The summed E-state index contributed by atoms with van der Waals surface area (Å²) >= 11 is 0. The maximum Gasteiger partial charge on any atom is 0.327 e. The lowest BCUT2D eigenvalue weighted by molar-refractivity contribution is 0.106. The van der Waals surface area contributed by atoms with E-state index in [4.69, 9.17) is 0 Å². The van der Waals surface area contributed by atoms with Crippen LogP contribution in [0, 0.1) is 6.92 Å². The van der Waals surface area contributed by atoms with E-state index in [1.165, 1.54) is 38.5 Å². The Bertz CT molecular complexity index is 601.